The Balaban J connectivity index is 0.00000225. The molecule has 0 amide bonds. The first kappa shape index (κ1) is 20.3. The molecule has 2 aromatic heterocycles. The number of nitrogens with one attached hydrogen (secondary N) is 2. The second-order valence-electron chi connectivity index (χ2n) is 6.90. The highest BCUT2D eigenvalue weighted by Gasteiger charge is 2.43. The fraction of sp³-hybridized carbons (Fsp3) is 0.286. The van der Waals surface area contributed by atoms with E-state index in [0.717, 1.165) is 23.9 Å². The number of halogens is 1. The zero-order valence-electron chi connectivity index (χ0n) is 15.9. The van der Waals surface area contributed by atoms with Crippen LogP contribution in [0.3, 0.4) is 0 Å². The molecule has 4 rings (SSSR count). The second-order valence-corrected chi connectivity index (χ2v) is 6.90. The van der Waals surface area contributed by atoms with Crippen LogP contribution in [0.2, 0.25) is 0 Å². The number of aromatic nitrogens is 3. The number of hydrogen-bond donors (Lipinski definition) is 2. The number of nitrogens with zero attached hydrogens (tertiary/aromatic N) is 4. The van der Waals surface area contributed by atoms with Crippen LogP contribution >= 0.6 is 24.0 Å². The summed E-state index contributed by atoms with van der Waals surface area (Å²) in [5, 5.41) is 11.1. The lowest BCUT2D eigenvalue weighted by molar-refractivity contribution is 0.645. The summed E-state index contributed by atoms with van der Waals surface area (Å²) in [6.07, 6.45) is 7.88. The van der Waals surface area contributed by atoms with Gasteiger partial charge in [-0.1, -0.05) is 30.3 Å². The lowest BCUT2D eigenvalue weighted by Crippen LogP contribution is -2.40. The molecule has 1 saturated carbocycles. The molecule has 3 aromatic rings. The van der Waals surface area contributed by atoms with Gasteiger partial charge in [0.15, 0.2) is 11.8 Å². The van der Waals surface area contributed by atoms with Crippen molar-refractivity contribution in [2.24, 2.45) is 4.99 Å². The lowest BCUT2D eigenvalue weighted by atomic mass is 9.96. The van der Waals surface area contributed by atoms with Crippen LogP contribution < -0.4 is 10.6 Å². The van der Waals surface area contributed by atoms with Gasteiger partial charge in [0.05, 0.1) is 0 Å². The molecule has 0 radical (unpaired) electrons. The molecule has 0 bridgehead atoms. The highest BCUT2D eigenvalue weighted by atomic mass is 127. The molecule has 0 atom stereocenters. The van der Waals surface area contributed by atoms with Gasteiger partial charge < -0.3 is 10.6 Å². The van der Waals surface area contributed by atoms with Crippen LogP contribution in [0.1, 0.15) is 24.0 Å². The van der Waals surface area contributed by atoms with Gasteiger partial charge in [0.2, 0.25) is 0 Å². The Morgan fingerprint density at radius 1 is 1.11 bits per heavy atom. The average Bonchev–Trinajstić information content (AvgIpc) is 3.32. The van der Waals surface area contributed by atoms with Crippen LogP contribution in [-0.4, -0.2) is 34.3 Å². The van der Waals surface area contributed by atoms with E-state index in [9.17, 15) is 0 Å². The molecule has 6 nitrogen and oxygen atoms in total. The van der Waals surface area contributed by atoms with Crippen LogP contribution in [0.15, 0.2) is 72.1 Å². The molecular formula is C21H25IN6. The third-order valence-corrected chi connectivity index (χ3v) is 5.07. The van der Waals surface area contributed by atoms with E-state index in [-0.39, 0.29) is 29.4 Å². The SMILES string of the molecule is CN=C(NCc1ccnc(-n2cccn2)c1)NCC1(c2ccccc2)CC1.I. The van der Waals surface area contributed by atoms with Gasteiger partial charge in [-0.2, -0.15) is 5.10 Å². The molecule has 0 saturated heterocycles. The predicted molar refractivity (Wildman–Crippen MR) is 122 cm³/mol. The summed E-state index contributed by atoms with van der Waals surface area (Å²) in [7, 11) is 1.80. The maximum atomic E-state index is 4.37. The van der Waals surface area contributed by atoms with E-state index in [2.05, 4.69) is 56.0 Å². The minimum atomic E-state index is 0. The van der Waals surface area contributed by atoms with E-state index in [0.29, 0.717) is 6.54 Å². The molecule has 2 heterocycles. The minimum Gasteiger partial charge on any atom is -0.356 e. The van der Waals surface area contributed by atoms with E-state index in [1.165, 1.54) is 18.4 Å². The van der Waals surface area contributed by atoms with Gasteiger partial charge in [-0.15, -0.1) is 24.0 Å². The molecule has 1 fully saturated rings. The lowest BCUT2D eigenvalue weighted by Gasteiger charge is -2.19. The van der Waals surface area contributed by atoms with Crippen LogP contribution in [0.25, 0.3) is 5.82 Å². The summed E-state index contributed by atoms with van der Waals surface area (Å²) < 4.78 is 1.76. The molecular weight excluding hydrogens is 463 g/mol. The number of benzene rings is 1. The highest BCUT2D eigenvalue weighted by Crippen LogP contribution is 2.47. The van der Waals surface area contributed by atoms with Gasteiger partial charge in [-0.3, -0.25) is 4.99 Å². The Labute approximate surface area is 182 Å². The van der Waals surface area contributed by atoms with Crippen molar-refractivity contribution < 1.29 is 0 Å². The standard InChI is InChI=1S/C21H24N6.HI/c1-22-20(25-16-21(9-10-21)18-6-3-2-4-7-18)24-15-17-8-12-23-19(14-17)27-13-5-11-26-27;/h2-8,11-14H,9-10,15-16H2,1H3,(H2,22,24,25);1H. The Hall–Kier alpha value is -2.42. The van der Waals surface area contributed by atoms with Crippen molar-refractivity contribution in [1.82, 2.24) is 25.4 Å². The molecule has 0 unspecified atom stereocenters. The molecule has 1 aromatic carbocycles. The molecule has 1 aliphatic carbocycles. The topological polar surface area (TPSA) is 67.1 Å². The Morgan fingerprint density at radius 3 is 2.61 bits per heavy atom. The van der Waals surface area contributed by atoms with Crippen LogP contribution in [0.4, 0.5) is 0 Å². The second kappa shape index (κ2) is 9.18. The minimum absolute atomic E-state index is 0. The quantitative estimate of drug-likeness (QED) is 0.318. The van der Waals surface area contributed by atoms with Gasteiger partial charge in [0.1, 0.15) is 0 Å². The Morgan fingerprint density at radius 2 is 1.93 bits per heavy atom. The molecule has 7 heteroatoms. The summed E-state index contributed by atoms with van der Waals surface area (Å²) in [4.78, 5) is 8.73. The third kappa shape index (κ3) is 4.70. The first-order valence-corrected chi connectivity index (χ1v) is 9.24. The van der Waals surface area contributed by atoms with E-state index in [1.807, 2.05) is 24.4 Å². The molecule has 28 heavy (non-hydrogen) atoms. The van der Waals surface area contributed by atoms with E-state index < -0.39 is 0 Å². The normalized spacial score (nSPS) is 14.8. The number of aliphatic imine (C=N–C) groups is 1. The first-order chi connectivity index (χ1) is 13.3. The zero-order valence-corrected chi connectivity index (χ0v) is 18.2. The average molecular weight is 488 g/mol. The fourth-order valence-corrected chi connectivity index (χ4v) is 3.27. The number of rotatable bonds is 6. The van der Waals surface area contributed by atoms with Gasteiger partial charge in [0.25, 0.3) is 0 Å². The van der Waals surface area contributed by atoms with E-state index in [1.54, 1.807) is 24.1 Å². The monoisotopic (exact) mass is 488 g/mol. The maximum absolute atomic E-state index is 4.37. The maximum Gasteiger partial charge on any atom is 0.191 e. The molecule has 0 aliphatic heterocycles. The molecule has 1 aliphatic rings. The predicted octanol–water partition coefficient (Wildman–Crippen LogP) is 3.28. The summed E-state index contributed by atoms with van der Waals surface area (Å²) in [6.45, 7) is 1.57. The van der Waals surface area contributed by atoms with Gasteiger partial charge >= 0.3 is 0 Å². The van der Waals surface area contributed by atoms with Crippen LogP contribution in [-0.2, 0) is 12.0 Å². The number of hydrogen-bond acceptors (Lipinski definition) is 3. The van der Waals surface area contributed by atoms with Gasteiger partial charge in [0, 0.05) is 44.1 Å². The fourth-order valence-electron chi connectivity index (χ4n) is 3.27. The van der Waals surface area contributed by atoms with Gasteiger partial charge in [-0.25, -0.2) is 9.67 Å². The van der Waals surface area contributed by atoms with E-state index in [4.69, 9.17) is 0 Å². The van der Waals surface area contributed by atoms with Crippen molar-refractivity contribution in [2.45, 2.75) is 24.8 Å². The Bertz CT molecular complexity index is 904. The largest absolute Gasteiger partial charge is 0.356 e. The summed E-state index contributed by atoms with van der Waals surface area (Å²) in [6, 6.07) is 16.7. The molecule has 2 N–H and O–H groups in total. The smallest absolute Gasteiger partial charge is 0.191 e. The highest BCUT2D eigenvalue weighted by molar-refractivity contribution is 14.0. The van der Waals surface area contributed by atoms with Crippen molar-refractivity contribution in [3.63, 3.8) is 0 Å². The first-order valence-electron chi connectivity index (χ1n) is 9.24. The summed E-state index contributed by atoms with van der Waals surface area (Å²) in [5.74, 6) is 1.62. The number of guanidine groups is 1. The zero-order chi connectivity index (χ0) is 18.5. The van der Waals surface area contributed by atoms with Crippen molar-refractivity contribution >= 4 is 29.9 Å². The van der Waals surface area contributed by atoms with Crippen molar-refractivity contribution in [2.75, 3.05) is 13.6 Å². The van der Waals surface area contributed by atoms with Crippen molar-refractivity contribution in [1.29, 1.82) is 0 Å². The summed E-state index contributed by atoms with van der Waals surface area (Å²) in [5.41, 5.74) is 2.79. The Kier molecular flexibility index (Phi) is 6.66. The van der Waals surface area contributed by atoms with Gasteiger partial charge in [-0.05, 0) is 42.2 Å². The van der Waals surface area contributed by atoms with Crippen LogP contribution in [0.5, 0.6) is 0 Å². The van der Waals surface area contributed by atoms with Crippen molar-refractivity contribution in [3.8, 4) is 5.82 Å². The van der Waals surface area contributed by atoms with E-state index >= 15 is 0 Å². The third-order valence-electron chi connectivity index (χ3n) is 5.07. The molecule has 146 valence electrons. The number of pyridine rings is 1. The molecule has 0 spiro atoms. The van der Waals surface area contributed by atoms with Crippen molar-refractivity contribution in [3.05, 3.63) is 78.2 Å². The summed E-state index contributed by atoms with van der Waals surface area (Å²) >= 11 is 0. The van der Waals surface area contributed by atoms with Crippen LogP contribution in [0, 0.1) is 0 Å².